The van der Waals surface area contributed by atoms with Gasteiger partial charge in [-0.1, -0.05) is 18.1 Å². The molecule has 22 heavy (non-hydrogen) atoms. The van der Waals surface area contributed by atoms with Crippen LogP contribution in [0.5, 0.6) is 0 Å². The molecule has 6 nitrogen and oxygen atoms in total. The molecule has 1 saturated carbocycles. The lowest BCUT2D eigenvalue weighted by molar-refractivity contribution is -0.140. The van der Waals surface area contributed by atoms with Gasteiger partial charge >= 0.3 is 0 Å². The lowest BCUT2D eigenvalue weighted by Crippen LogP contribution is -2.43. The van der Waals surface area contributed by atoms with E-state index in [1.165, 1.54) is 4.90 Å². The Morgan fingerprint density at radius 2 is 1.95 bits per heavy atom. The molecule has 1 aliphatic heterocycles. The van der Waals surface area contributed by atoms with E-state index in [4.69, 9.17) is 6.42 Å². The van der Waals surface area contributed by atoms with Crippen LogP contribution in [0.1, 0.15) is 6.42 Å². The Morgan fingerprint density at radius 1 is 1.32 bits per heavy atom. The SMILES string of the molecule is C#CCNC(=NC)NCCN1C(=O)C2C3C=CC(C3)C2C1=O. The fourth-order valence-corrected chi connectivity index (χ4v) is 3.83. The second-order valence-electron chi connectivity index (χ2n) is 5.88. The molecule has 2 N–H and O–H groups in total. The van der Waals surface area contributed by atoms with Crippen molar-refractivity contribution in [3.8, 4) is 12.3 Å². The highest BCUT2D eigenvalue weighted by molar-refractivity contribution is 6.06. The number of amides is 2. The predicted octanol–water partition coefficient (Wildman–Crippen LogP) is -0.408. The van der Waals surface area contributed by atoms with E-state index in [0.29, 0.717) is 25.6 Å². The van der Waals surface area contributed by atoms with E-state index >= 15 is 0 Å². The van der Waals surface area contributed by atoms with Crippen molar-refractivity contribution < 1.29 is 9.59 Å². The van der Waals surface area contributed by atoms with Gasteiger partial charge in [-0.05, 0) is 18.3 Å². The smallest absolute Gasteiger partial charge is 0.233 e. The maximum atomic E-state index is 12.5. The molecule has 6 heteroatoms. The van der Waals surface area contributed by atoms with Crippen molar-refractivity contribution >= 4 is 17.8 Å². The minimum Gasteiger partial charge on any atom is -0.355 e. The fourth-order valence-electron chi connectivity index (χ4n) is 3.83. The first-order chi connectivity index (χ1) is 10.7. The number of nitrogens with one attached hydrogen (secondary N) is 2. The summed E-state index contributed by atoms with van der Waals surface area (Å²) in [7, 11) is 1.64. The van der Waals surface area contributed by atoms with Gasteiger partial charge in [0.2, 0.25) is 11.8 Å². The average molecular weight is 300 g/mol. The highest BCUT2D eigenvalue weighted by Gasteiger charge is 2.58. The summed E-state index contributed by atoms with van der Waals surface area (Å²) >= 11 is 0. The molecule has 3 aliphatic rings. The minimum absolute atomic E-state index is 0.0137. The second-order valence-corrected chi connectivity index (χ2v) is 5.88. The van der Waals surface area contributed by atoms with Crippen molar-refractivity contribution in [1.82, 2.24) is 15.5 Å². The number of hydrogen-bond donors (Lipinski definition) is 2. The van der Waals surface area contributed by atoms with Crippen molar-refractivity contribution in [2.24, 2.45) is 28.7 Å². The van der Waals surface area contributed by atoms with Gasteiger partial charge in [0.15, 0.2) is 5.96 Å². The molecule has 116 valence electrons. The molecule has 1 heterocycles. The maximum Gasteiger partial charge on any atom is 0.233 e. The zero-order chi connectivity index (χ0) is 15.7. The van der Waals surface area contributed by atoms with Crippen molar-refractivity contribution in [3.63, 3.8) is 0 Å². The number of terminal acetylenes is 1. The quantitative estimate of drug-likeness (QED) is 0.243. The Kier molecular flexibility index (Phi) is 3.88. The van der Waals surface area contributed by atoms with Gasteiger partial charge in [-0.2, -0.15) is 0 Å². The van der Waals surface area contributed by atoms with E-state index in [2.05, 4.69) is 33.7 Å². The Labute approximate surface area is 130 Å². The number of guanidine groups is 1. The minimum atomic E-state index is -0.124. The first kappa shape index (κ1) is 14.6. The number of rotatable bonds is 4. The van der Waals surface area contributed by atoms with Gasteiger partial charge in [0, 0.05) is 20.1 Å². The largest absolute Gasteiger partial charge is 0.355 e. The van der Waals surface area contributed by atoms with Crippen LogP contribution in [0.25, 0.3) is 0 Å². The van der Waals surface area contributed by atoms with E-state index in [1.807, 2.05) is 0 Å². The molecular weight excluding hydrogens is 280 g/mol. The van der Waals surface area contributed by atoms with Crippen LogP contribution >= 0.6 is 0 Å². The predicted molar refractivity (Wildman–Crippen MR) is 82.6 cm³/mol. The lowest BCUT2D eigenvalue weighted by Gasteiger charge is -2.18. The van der Waals surface area contributed by atoms with Crippen LogP contribution in [-0.4, -0.2) is 49.4 Å². The van der Waals surface area contributed by atoms with Gasteiger partial charge in [-0.15, -0.1) is 6.42 Å². The Balaban J connectivity index is 1.55. The van der Waals surface area contributed by atoms with Crippen LogP contribution in [0.3, 0.4) is 0 Å². The highest BCUT2D eigenvalue weighted by atomic mass is 16.2. The summed E-state index contributed by atoms with van der Waals surface area (Å²) in [4.78, 5) is 30.4. The first-order valence-corrected chi connectivity index (χ1v) is 7.59. The molecule has 0 aromatic rings. The van der Waals surface area contributed by atoms with Crippen LogP contribution in [0.2, 0.25) is 0 Å². The maximum absolute atomic E-state index is 12.5. The third kappa shape index (κ3) is 2.27. The van der Waals surface area contributed by atoms with E-state index in [-0.39, 0.29) is 35.5 Å². The van der Waals surface area contributed by atoms with Crippen molar-refractivity contribution in [1.29, 1.82) is 0 Å². The number of nitrogens with zero attached hydrogens (tertiary/aromatic N) is 2. The monoisotopic (exact) mass is 300 g/mol. The number of carbonyl (C=O) groups excluding carboxylic acids is 2. The molecule has 4 atom stereocenters. The van der Waals surface area contributed by atoms with Crippen molar-refractivity contribution in [2.45, 2.75) is 6.42 Å². The normalized spacial score (nSPS) is 32.4. The third-order valence-corrected chi connectivity index (χ3v) is 4.77. The molecule has 3 rings (SSSR count). The van der Waals surface area contributed by atoms with Crippen molar-refractivity contribution in [2.75, 3.05) is 26.7 Å². The highest BCUT2D eigenvalue weighted by Crippen LogP contribution is 2.52. The van der Waals surface area contributed by atoms with Gasteiger partial charge in [0.25, 0.3) is 0 Å². The van der Waals surface area contributed by atoms with Gasteiger partial charge in [0.05, 0.1) is 18.4 Å². The summed E-state index contributed by atoms with van der Waals surface area (Å²) in [5.41, 5.74) is 0. The van der Waals surface area contributed by atoms with Crippen LogP contribution in [-0.2, 0) is 9.59 Å². The molecule has 0 radical (unpaired) electrons. The summed E-state index contributed by atoms with van der Waals surface area (Å²) in [5, 5.41) is 5.99. The number of imide groups is 1. The standard InChI is InChI=1S/C16H20N4O2/c1-3-6-18-16(17-2)19-7-8-20-14(21)12-10-4-5-11(9-10)13(12)15(20)22/h1,4-5,10-13H,6-9H2,2H3,(H2,17,18,19). The molecule has 4 unspecified atom stereocenters. The molecule has 1 saturated heterocycles. The summed E-state index contributed by atoms with van der Waals surface area (Å²) in [6.07, 6.45) is 10.3. The molecular formula is C16H20N4O2. The van der Waals surface area contributed by atoms with Gasteiger partial charge in [0.1, 0.15) is 0 Å². The van der Waals surface area contributed by atoms with Gasteiger partial charge in [-0.25, -0.2) is 0 Å². The number of carbonyl (C=O) groups is 2. The molecule has 0 aromatic heterocycles. The second kappa shape index (κ2) is 5.84. The van der Waals surface area contributed by atoms with E-state index < -0.39 is 0 Å². The molecule has 2 fully saturated rings. The zero-order valence-electron chi connectivity index (χ0n) is 12.6. The average Bonchev–Trinajstić information content (AvgIpc) is 3.19. The Hall–Kier alpha value is -2.29. The number of hydrogen-bond acceptors (Lipinski definition) is 3. The van der Waals surface area contributed by atoms with Crippen LogP contribution in [0.15, 0.2) is 17.1 Å². The Morgan fingerprint density at radius 3 is 2.50 bits per heavy atom. The zero-order valence-corrected chi connectivity index (χ0v) is 12.6. The Bertz CT molecular complexity index is 559. The van der Waals surface area contributed by atoms with Crippen LogP contribution in [0, 0.1) is 36.0 Å². The molecule has 2 aliphatic carbocycles. The molecule has 2 bridgehead atoms. The first-order valence-electron chi connectivity index (χ1n) is 7.59. The summed E-state index contributed by atoms with van der Waals surface area (Å²) in [5.74, 6) is 3.28. The third-order valence-electron chi connectivity index (χ3n) is 4.77. The van der Waals surface area contributed by atoms with Crippen LogP contribution in [0.4, 0.5) is 0 Å². The number of fused-ring (bicyclic) bond motifs is 5. The number of aliphatic imine (C=N–C) groups is 1. The topological polar surface area (TPSA) is 73.8 Å². The molecule has 0 spiro atoms. The number of likely N-dealkylation sites (tertiary alicyclic amines) is 1. The summed E-state index contributed by atoms with van der Waals surface area (Å²) in [6.45, 7) is 1.20. The fraction of sp³-hybridized carbons (Fsp3) is 0.562. The molecule has 2 amide bonds. The molecule has 0 aromatic carbocycles. The summed E-state index contributed by atoms with van der Waals surface area (Å²) < 4.78 is 0. The number of allylic oxidation sites excluding steroid dienone is 2. The summed E-state index contributed by atoms with van der Waals surface area (Å²) in [6, 6.07) is 0. The van der Waals surface area contributed by atoms with E-state index in [0.717, 1.165) is 6.42 Å². The van der Waals surface area contributed by atoms with E-state index in [1.54, 1.807) is 7.05 Å². The van der Waals surface area contributed by atoms with Crippen LogP contribution < -0.4 is 10.6 Å². The van der Waals surface area contributed by atoms with E-state index in [9.17, 15) is 9.59 Å². The lowest BCUT2D eigenvalue weighted by atomic mass is 9.85. The van der Waals surface area contributed by atoms with Gasteiger partial charge in [-0.3, -0.25) is 19.5 Å². The van der Waals surface area contributed by atoms with Crippen molar-refractivity contribution in [3.05, 3.63) is 12.2 Å². The van der Waals surface area contributed by atoms with Gasteiger partial charge < -0.3 is 10.6 Å².